The molecule has 2 rings (SSSR count). The Balaban J connectivity index is 1.64. The van der Waals surface area contributed by atoms with Gasteiger partial charge < -0.3 is 14.7 Å². The molecular weight excluding hydrogens is 342 g/mol. The van der Waals surface area contributed by atoms with Crippen molar-refractivity contribution in [2.24, 2.45) is 5.16 Å². The van der Waals surface area contributed by atoms with E-state index in [2.05, 4.69) is 38.1 Å². The Bertz CT molecular complexity index is 743. The zero-order valence-electron chi connectivity index (χ0n) is 16.1. The van der Waals surface area contributed by atoms with Crippen LogP contribution >= 0.6 is 0 Å². The molecule has 0 saturated heterocycles. The third-order valence-corrected chi connectivity index (χ3v) is 3.98. The fourth-order valence-corrected chi connectivity index (χ4v) is 2.41. The smallest absolute Gasteiger partial charge is 0.307 e. The quantitative estimate of drug-likeness (QED) is 0.403. The second-order valence-corrected chi connectivity index (χ2v) is 7.36. The number of hydrogen-bond acceptors (Lipinski definition) is 4. The van der Waals surface area contributed by atoms with Gasteiger partial charge in [0.25, 0.3) is 0 Å². The molecule has 5 nitrogen and oxygen atoms in total. The molecule has 0 bridgehead atoms. The van der Waals surface area contributed by atoms with Crippen LogP contribution in [0, 0.1) is 0 Å². The minimum Gasteiger partial charge on any atom is -0.493 e. The third-order valence-electron chi connectivity index (χ3n) is 3.98. The number of benzene rings is 2. The summed E-state index contributed by atoms with van der Waals surface area (Å²) in [5.74, 6) is -0.127. The first kappa shape index (κ1) is 20.5. The zero-order chi connectivity index (χ0) is 19.7. The number of aliphatic carboxylic acids is 1. The number of hydrogen-bond donors (Lipinski definition) is 1. The maximum atomic E-state index is 10.6. The molecule has 0 fully saturated rings. The van der Waals surface area contributed by atoms with Crippen LogP contribution in [0.3, 0.4) is 0 Å². The van der Waals surface area contributed by atoms with Crippen molar-refractivity contribution in [1.29, 1.82) is 0 Å². The summed E-state index contributed by atoms with van der Waals surface area (Å²) in [6.45, 7) is 7.53. The van der Waals surface area contributed by atoms with Gasteiger partial charge in [-0.25, -0.2) is 0 Å². The topological polar surface area (TPSA) is 68.1 Å². The van der Waals surface area contributed by atoms with Gasteiger partial charge in [-0.15, -0.1) is 0 Å². The number of nitrogens with zero attached hydrogens (tertiary/aromatic N) is 1. The molecule has 0 aromatic heterocycles. The van der Waals surface area contributed by atoms with Crippen LogP contribution in [0.5, 0.6) is 5.75 Å². The SMILES string of the molecule is CC(C)(C)c1ccc(/C=N/OCCCOc2ccc(CC(=O)O)cc2)cc1. The number of ether oxygens (including phenoxy) is 1. The van der Waals surface area contributed by atoms with Crippen molar-refractivity contribution in [3.05, 3.63) is 65.2 Å². The number of carboxylic acids is 1. The Morgan fingerprint density at radius 2 is 1.70 bits per heavy atom. The Kier molecular flexibility index (Phi) is 7.41. The van der Waals surface area contributed by atoms with Crippen molar-refractivity contribution < 1.29 is 19.5 Å². The molecule has 0 atom stereocenters. The third kappa shape index (κ3) is 7.52. The van der Waals surface area contributed by atoms with Crippen LogP contribution in [0.15, 0.2) is 53.7 Å². The van der Waals surface area contributed by atoms with E-state index in [1.54, 1.807) is 30.5 Å². The van der Waals surface area contributed by atoms with Crippen LogP contribution in [0.1, 0.15) is 43.9 Å². The largest absolute Gasteiger partial charge is 0.493 e. The standard InChI is InChI=1S/C22H27NO4/c1-22(2,3)19-9-5-18(6-10-19)16-23-27-14-4-13-26-20-11-7-17(8-12-20)15-21(24)25/h5-12,16H,4,13-15H2,1-3H3,(H,24,25)/b23-16+. The first-order valence-electron chi connectivity index (χ1n) is 9.04. The van der Waals surface area contributed by atoms with Gasteiger partial charge in [0.1, 0.15) is 12.4 Å². The van der Waals surface area contributed by atoms with Gasteiger partial charge >= 0.3 is 5.97 Å². The Morgan fingerprint density at radius 1 is 1.04 bits per heavy atom. The normalized spacial score (nSPS) is 11.5. The minimum atomic E-state index is -0.841. The molecule has 0 spiro atoms. The van der Waals surface area contributed by atoms with Crippen molar-refractivity contribution in [3.63, 3.8) is 0 Å². The fraction of sp³-hybridized carbons (Fsp3) is 0.364. The van der Waals surface area contributed by atoms with Gasteiger partial charge in [-0.05, 0) is 34.2 Å². The van der Waals surface area contributed by atoms with Crippen molar-refractivity contribution in [1.82, 2.24) is 0 Å². The molecule has 2 aromatic rings. The van der Waals surface area contributed by atoms with Gasteiger partial charge in [-0.3, -0.25) is 4.79 Å². The molecule has 0 saturated carbocycles. The number of oxime groups is 1. The van der Waals surface area contributed by atoms with E-state index in [0.717, 1.165) is 11.1 Å². The highest BCUT2D eigenvalue weighted by Crippen LogP contribution is 2.21. The molecule has 0 aliphatic rings. The van der Waals surface area contributed by atoms with E-state index in [1.807, 2.05) is 12.1 Å². The molecule has 144 valence electrons. The van der Waals surface area contributed by atoms with E-state index in [4.69, 9.17) is 14.7 Å². The second-order valence-electron chi connectivity index (χ2n) is 7.36. The lowest BCUT2D eigenvalue weighted by Gasteiger charge is -2.18. The summed E-state index contributed by atoms with van der Waals surface area (Å²) in [6.07, 6.45) is 2.43. The molecule has 1 N–H and O–H groups in total. The summed E-state index contributed by atoms with van der Waals surface area (Å²) >= 11 is 0. The molecular formula is C22H27NO4. The maximum absolute atomic E-state index is 10.6. The number of rotatable bonds is 9. The number of carboxylic acid groups (broad SMARTS) is 1. The molecule has 0 aliphatic carbocycles. The van der Waals surface area contributed by atoms with Crippen LogP contribution in [0.25, 0.3) is 0 Å². The highest BCUT2D eigenvalue weighted by Gasteiger charge is 2.12. The van der Waals surface area contributed by atoms with Gasteiger partial charge in [0, 0.05) is 6.42 Å². The molecule has 27 heavy (non-hydrogen) atoms. The summed E-state index contributed by atoms with van der Waals surface area (Å²) in [7, 11) is 0. The Labute approximate surface area is 160 Å². The first-order valence-corrected chi connectivity index (χ1v) is 9.04. The van der Waals surface area contributed by atoms with E-state index in [0.29, 0.717) is 25.4 Å². The summed E-state index contributed by atoms with van der Waals surface area (Å²) in [6, 6.07) is 15.4. The van der Waals surface area contributed by atoms with Crippen LogP contribution in [-0.4, -0.2) is 30.5 Å². The van der Waals surface area contributed by atoms with E-state index in [-0.39, 0.29) is 11.8 Å². The summed E-state index contributed by atoms with van der Waals surface area (Å²) in [5.41, 5.74) is 3.18. The van der Waals surface area contributed by atoms with Crippen LogP contribution in [-0.2, 0) is 21.5 Å². The van der Waals surface area contributed by atoms with Crippen LogP contribution in [0.2, 0.25) is 0 Å². The highest BCUT2D eigenvalue weighted by atomic mass is 16.6. The summed E-state index contributed by atoms with van der Waals surface area (Å²) < 4.78 is 5.60. The lowest BCUT2D eigenvalue weighted by molar-refractivity contribution is -0.136. The van der Waals surface area contributed by atoms with Gasteiger partial charge in [-0.1, -0.05) is 62.3 Å². The van der Waals surface area contributed by atoms with Crippen molar-refractivity contribution in [3.8, 4) is 5.75 Å². The minimum absolute atomic E-state index is 0.0189. The molecule has 0 unspecified atom stereocenters. The predicted octanol–water partition coefficient (Wildman–Crippen LogP) is 4.43. The summed E-state index contributed by atoms with van der Waals surface area (Å²) in [5, 5.41) is 12.7. The zero-order valence-corrected chi connectivity index (χ0v) is 16.1. The van der Waals surface area contributed by atoms with Crippen molar-refractivity contribution >= 4 is 12.2 Å². The molecule has 0 amide bonds. The number of carbonyl (C=O) groups is 1. The molecule has 5 heteroatoms. The van der Waals surface area contributed by atoms with E-state index in [1.165, 1.54) is 5.56 Å². The fourth-order valence-electron chi connectivity index (χ4n) is 2.41. The molecule has 0 aliphatic heterocycles. The average molecular weight is 369 g/mol. The lowest BCUT2D eigenvalue weighted by atomic mass is 9.87. The summed E-state index contributed by atoms with van der Waals surface area (Å²) in [4.78, 5) is 15.9. The van der Waals surface area contributed by atoms with Crippen LogP contribution < -0.4 is 4.74 Å². The molecule has 0 heterocycles. The van der Waals surface area contributed by atoms with Gasteiger partial charge in [0.2, 0.25) is 0 Å². The van der Waals surface area contributed by atoms with E-state index < -0.39 is 5.97 Å². The van der Waals surface area contributed by atoms with Gasteiger partial charge in [-0.2, -0.15) is 0 Å². The maximum Gasteiger partial charge on any atom is 0.307 e. The van der Waals surface area contributed by atoms with Gasteiger partial charge in [0.15, 0.2) is 0 Å². The average Bonchev–Trinajstić information content (AvgIpc) is 2.61. The Morgan fingerprint density at radius 3 is 2.30 bits per heavy atom. The second kappa shape index (κ2) is 9.76. The van der Waals surface area contributed by atoms with E-state index >= 15 is 0 Å². The highest BCUT2D eigenvalue weighted by molar-refractivity contribution is 5.79. The molecule has 0 radical (unpaired) electrons. The predicted molar refractivity (Wildman–Crippen MR) is 107 cm³/mol. The molecule has 2 aromatic carbocycles. The Hall–Kier alpha value is -2.82. The van der Waals surface area contributed by atoms with Crippen LogP contribution in [0.4, 0.5) is 0 Å². The lowest BCUT2D eigenvalue weighted by Crippen LogP contribution is -2.10. The van der Waals surface area contributed by atoms with Crippen molar-refractivity contribution in [2.45, 2.75) is 39.0 Å². The van der Waals surface area contributed by atoms with Gasteiger partial charge in [0.05, 0.1) is 19.2 Å². The van der Waals surface area contributed by atoms with Crippen molar-refractivity contribution in [2.75, 3.05) is 13.2 Å². The first-order chi connectivity index (χ1) is 12.8. The van der Waals surface area contributed by atoms with E-state index in [9.17, 15) is 4.79 Å². The monoisotopic (exact) mass is 369 g/mol.